The van der Waals surface area contributed by atoms with Gasteiger partial charge < -0.3 is 15.5 Å². The number of aromatic nitrogens is 1. The fourth-order valence-electron chi connectivity index (χ4n) is 2.30. The molecule has 1 heterocycles. The fourth-order valence-corrected chi connectivity index (χ4v) is 2.30. The van der Waals surface area contributed by atoms with Crippen LogP contribution >= 0.6 is 0 Å². The molecule has 2 aromatic rings. The third-order valence-corrected chi connectivity index (χ3v) is 3.73. The number of alkyl halides is 3. The normalized spacial score (nSPS) is 12.0. The van der Waals surface area contributed by atoms with Gasteiger partial charge in [-0.05, 0) is 36.8 Å². The molecule has 0 aliphatic carbocycles. The van der Waals surface area contributed by atoms with Crippen molar-refractivity contribution in [2.75, 3.05) is 25.5 Å². The minimum absolute atomic E-state index is 0.276. The van der Waals surface area contributed by atoms with Crippen LogP contribution in [-0.2, 0) is 19.3 Å². The van der Waals surface area contributed by atoms with Crippen LogP contribution in [-0.4, -0.2) is 31.6 Å². The van der Waals surface area contributed by atoms with Gasteiger partial charge in [-0.3, -0.25) is 0 Å². The molecule has 1 aromatic heterocycles. The molecule has 0 radical (unpaired) electrons. The van der Waals surface area contributed by atoms with Gasteiger partial charge in [0.05, 0.1) is 24.3 Å². The molecule has 0 aliphatic rings. The van der Waals surface area contributed by atoms with Crippen molar-refractivity contribution in [1.82, 2.24) is 15.6 Å². The first-order chi connectivity index (χ1) is 12.8. The largest absolute Gasteiger partial charge is 0.416 e. The summed E-state index contributed by atoms with van der Waals surface area (Å²) >= 11 is 0. The van der Waals surface area contributed by atoms with E-state index in [1.807, 2.05) is 44.1 Å². The number of aliphatic imine (C=N–C) groups is 1. The number of nitrogens with one attached hydrogen (secondary N) is 2. The Morgan fingerprint density at radius 1 is 1.07 bits per heavy atom. The number of guanidine groups is 1. The second kappa shape index (κ2) is 9.25. The second-order valence-corrected chi connectivity index (χ2v) is 6.12. The van der Waals surface area contributed by atoms with Crippen LogP contribution in [0.2, 0.25) is 0 Å². The van der Waals surface area contributed by atoms with E-state index in [2.05, 4.69) is 20.6 Å². The molecule has 1 aromatic carbocycles. The minimum atomic E-state index is -4.33. The van der Waals surface area contributed by atoms with Gasteiger partial charge in [-0.1, -0.05) is 18.2 Å². The highest BCUT2D eigenvalue weighted by atomic mass is 19.4. The van der Waals surface area contributed by atoms with E-state index >= 15 is 0 Å². The summed E-state index contributed by atoms with van der Waals surface area (Å²) in [5, 5.41) is 6.30. The zero-order chi connectivity index (χ0) is 19.9. The summed E-state index contributed by atoms with van der Waals surface area (Å²) in [5.41, 5.74) is 0.904. The molecule has 0 amide bonds. The van der Waals surface area contributed by atoms with E-state index in [0.29, 0.717) is 24.6 Å². The number of halogens is 3. The summed E-state index contributed by atoms with van der Waals surface area (Å²) in [6.07, 6.45) is -4.33. The maximum Gasteiger partial charge on any atom is 0.416 e. The number of hydrogen-bond acceptors (Lipinski definition) is 3. The smallest absolute Gasteiger partial charge is 0.363 e. The van der Waals surface area contributed by atoms with E-state index < -0.39 is 11.7 Å². The van der Waals surface area contributed by atoms with Crippen molar-refractivity contribution < 1.29 is 13.2 Å². The Kier molecular flexibility index (Phi) is 7.04. The lowest BCUT2D eigenvalue weighted by atomic mass is 10.1. The molecule has 146 valence electrons. The topological polar surface area (TPSA) is 52.6 Å². The Balaban J connectivity index is 2.00. The second-order valence-electron chi connectivity index (χ2n) is 6.12. The third kappa shape index (κ3) is 6.47. The number of anilines is 1. The first-order valence-electron chi connectivity index (χ1n) is 8.61. The van der Waals surface area contributed by atoms with Gasteiger partial charge in [-0.2, -0.15) is 13.2 Å². The molecule has 0 saturated heterocycles. The van der Waals surface area contributed by atoms with Crippen LogP contribution in [0, 0.1) is 0 Å². The van der Waals surface area contributed by atoms with Gasteiger partial charge in [-0.15, -0.1) is 0 Å². The molecule has 2 N–H and O–H groups in total. The van der Waals surface area contributed by atoms with E-state index in [0.717, 1.165) is 23.6 Å². The zero-order valence-electron chi connectivity index (χ0n) is 15.6. The number of hydrogen-bond donors (Lipinski definition) is 2. The van der Waals surface area contributed by atoms with Gasteiger partial charge in [0, 0.05) is 20.6 Å². The molecule has 0 bridgehead atoms. The Morgan fingerprint density at radius 2 is 1.78 bits per heavy atom. The number of pyridine rings is 1. The van der Waals surface area contributed by atoms with Crippen LogP contribution in [0.25, 0.3) is 0 Å². The summed E-state index contributed by atoms with van der Waals surface area (Å²) < 4.78 is 37.9. The van der Waals surface area contributed by atoms with Crippen LogP contribution < -0.4 is 15.5 Å². The molecular weight excluding hydrogens is 355 g/mol. The lowest BCUT2D eigenvalue weighted by Crippen LogP contribution is -2.37. The maximum atomic E-state index is 12.6. The van der Waals surface area contributed by atoms with Gasteiger partial charge >= 0.3 is 6.18 Å². The lowest BCUT2D eigenvalue weighted by molar-refractivity contribution is -0.137. The van der Waals surface area contributed by atoms with Crippen molar-refractivity contribution in [3.8, 4) is 0 Å². The quantitative estimate of drug-likeness (QED) is 0.597. The molecule has 2 rings (SSSR count). The predicted molar refractivity (Wildman–Crippen MR) is 102 cm³/mol. The molecule has 0 fully saturated rings. The molecule has 0 saturated carbocycles. The van der Waals surface area contributed by atoms with E-state index in [1.54, 1.807) is 0 Å². The first-order valence-corrected chi connectivity index (χ1v) is 8.61. The highest BCUT2D eigenvalue weighted by molar-refractivity contribution is 5.79. The standard InChI is InChI=1S/C19H24F3N5/c1-4-23-18(25-13-16-6-5-7-17(26-16)27(2)3)24-12-14-8-10-15(11-9-14)19(20,21)22/h5-11H,4,12-13H2,1-3H3,(H2,23,24,25). The SMILES string of the molecule is CCNC(=NCc1ccc(C(F)(F)F)cc1)NCc1cccc(N(C)C)n1. The minimum Gasteiger partial charge on any atom is -0.363 e. The van der Waals surface area contributed by atoms with Gasteiger partial charge in [0.2, 0.25) is 0 Å². The van der Waals surface area contributed by atoms with Gasteiger partial charge in [0.15, 0.2) is 5.96 Å². The van der Waals surface area contributed by atoms with E-state index in [4.69, 9.17) is 0 Å². The molecule has 27 heavy (non-hydrogen) atoms. The number of benzene rings is 1. The van der Waals surface area contributed by atoms with Crippen molar-refractivity contribution in [3.63, 3.8) is 0 Å². The van der Waals surface area contributed by atoms with Gasteiger partial charge in [0.25, 0.3) is 0 Å². The van der Waals surface area contributed by atoms with Crippen molar-refractivity contribution in [3.05, 3.63) is 59.3 Å². The summed E-state index contributed by atoms with van der Waals surface area (Å²) in [6, 6.07) is 10.8. The Hall–Kier alpha value is -2.77. The third-order valence-electron chi connectivity index (χ3n) is 3.73. The number of rotatable bonds is 6. The van der Waals surface area contributed by atoms with Crippen LogP contribution in [0.4, 0.5) is 19.0 Å². The summed E-state index contributed by atoms with van der Waals surface area (Å²) in [6.45, 7) is 3.38. The fraction of sp³-hybridized carbons (Fsp3) is 0.368. The molecule has 8 heteroatoms. The molecule has 0 aliphatic heterocycles. The highest BCUT2D eigenvalue weighted by Crippen LogP contribution is 2.29. The average molecular weight is 379 g/mol. The van der Waals surface area contributed by atoms with E-state index in [-0.39, 0.29) is 6.54 Å². The van der Waals surface area contributed by atoms with E-state index in [9.17, 15) is 13.2 Å². The Bertz CT molecular complexity index is 755. The molecule has 5 nitrogen and oxygen atoms in total. The summed E-state index contributed by atoms with van der Waals surface area (Å²) in [7, 11) is 3.85. The van der Waals surface area contributed by atoms with Crippen molar-refractivity contribution in [2.24, 2.45) is 4.99 Å². The molecular formula is C19H24F3N5. The molecule has 0 atom stereocenters. The van der Waals surface area contributed by atoms with Crippen molar-refractivity contribution in [1.29, 1.82) is 0 Å². The molecule has 0 spiro atoms. The lowest BCUT2D eigenvalue weighted by Gasteiger charge is -2.14. The maximum absolute atomic E-state index is 12.6. The molecule has 0 unspecified atom stereocenters. The monoisotopic (exact) mass is 379 g/mol. The van der Waals surface area contributed by atoms with Crippen LogP contribution in [0.15, 0.2) is 47.5 Å². The highest BCUT2D eigenvalue weighted by Gasteiger charge is 2.29. The van der Waals surface area contributed by atoms with Crippen LogP contribution in [0.3, 0.4) is 0 Å². The predicted octanol–water partition coefficient (Wildman–Crippen LogP) is 3.42. The van der Waals surface area contributed by atoms with Gasteiger partial charge in [-0.25, -0.2) is 9.98 Å². The average Bonchev–Trinajstić information content (AvgIpc) is 2.64. The Labute approximate surface area is 157 Å². The summed E-state index contributed by atoms with van der Waals surface area (Å²) in [4.78, 5) is 10.9. The first kappa shape index (κ1) is 20.5. The van der Waals surface area contributed by atoms with Gasteiger partial charge in [0.1, 0.15) is 5.82 Å². The summed E-state index contributed by atoms with van der Waals surface area (Å²) in [5.74, 6) is 1.44. The van der Waals surface area contributed by atoms with E-state index in [1.165, 1.54) is 12.1 Å². The van der Waals surface area contributed by atoms with Crippen LogP contribution in [0.5, 0.6) is 0 Å². The van der Waals surface area contributed by atoms with Crippen molar-refractivity contribution in [2.45, 2.75) is 26.2 Å². The zero-order valence-corrected chi connectivity index (χ0v) is 15.6. The van der Waals surface area contributed by atoms with Crippen LogP contribution in [0.1, 0.15) is 23.7 Å². The number of nitrogens with zero attached hydrogens (tertiary/aromatic N) is 3. The van der Waals surface area contributed by atoms with Crippen molar-refractivity contribution >= 4 is 11.8 Å². The Morgan fingerprint density at radius 3 is 2.37 bits per heavy atom.